The van der Waals surface area contributed by atoms with Crippen molar-refractivity contribution in [2.24, 2.45) is 5.92 Å². The zero-order chi connectivity index (χ0) is 22.8. The van der Waals surface area contributed by atoms with Crippen molar-refractivity contribution in [1.82, 2.24) is 9.80 Å². The molecule has 0 atom stereocenters. The number of rotatable bonds is 5. The van der Waals surface area contributed by atoms with Gasteiger partial charge in [-0.2, -0.15) is 0 Å². The molecule has 2 fully saturated rings. The van der Waals surface area contributed by atoms with E-state index >= 15 is 0 Å². The van der Waals surface area contributed by atoms with Crippen LogP contribution in [0.4, 0.5) is 0 Å². The first kappa shape index (κ1) is 24.5. The topological polar surface area (TPSA) is 128 Å². The van der Waals surface area contributed by atoms with E-state index in [2.05, 4.69) is 9.80 Å². The Hall–Kier alpha value is -2.81. The van der Waals surface area contributed by atoms with Crippen LogP contribution in [0.5, 0.6) is 11.5 Å². The number of benzene rings is 1. The third-order valence-electron chi connectivity index (χ3n) is 5.52. The van der Waals surface area contributed by atoms with E-state index in [1.54, 1.807) is 6.07 Å². The molecule has 0 saturated carbocycles. The van der Waals surface area contributed by atoms with Crippen LogP contribution >= 0.6 is 0 Å². The highest BCUT2D eigenvalue weighted by atomic mass is 16.5. The molecule has 9 heteroatoms. The molecule has 0 unspecified atom stereocenters. The minimum Gasteiger partial charge on any atom is -0.504 e. The van der Waals surface area contributed by atoms with Crippen molar-refractivity contribution in [3.8, 4) is 11.5 Å². The van der Waals surface area contributed by atoms with Crippen LogP contribution in [-0.4, -0.2) is 75.8 Å². The van der Waals surface area contributed by atoms with Gasteiger partial charge in [0.2, 0.25) is 5.91 Å². The fraction of sp³-hybridized carbons (Fsp3) is 0.591. The van der Waals surface area contributed by atoms with E-state index in [4.69, 9.17) is 24.5 Å². The zero-order valence-electron chi connectivity index (χ0n) is 18.0. The third-order valence-corrected chi connectivity index (χ3v) is 5.52. The predicted octanol–water partition coefficient (Wildman–Crippen LogP) is 2.17. The summed E-state index contributed by atoms with van der Waals surface area (Å²) in [6.07, 6.45) is 5.48. The number of phenolic OH excluding ortho intramolecular Hbond substituents is 1. The molecule has 0 aliphatic carbocycles. The van der Waals surface area contributed by atoms with Crippen LogP contribution in [0.25, 0.3) is 0 Å². The van der Waals surface area contributed by atoms with E-state index in [9.17, 15) is 9.90 Å². The SMILES string of the molecule is CCOc1cc(CN2CCC(C(=O)N3CCCCC3)CC2)ccc1O.O=C(O)C(=O)O. The Morgan fingerprint density at radius 1 is 1.00 bits per heavy atom. The molecule has 2 aliphatic heterocycles. The normalized spacial score (nSPS) is 17.4. The molecule has 1 amide bonds. The van der Waals surface area contributed by atoms with Crippen LogP contribution in [0.3, 0.4) is 0 Å². The van der Waals surface area contributed by atoms with Gasteiger partial charge in [0, 0.05) is 25.6 Å². The van der Waals surface area contributed by atoms with Gasteiger partial charge in [-0.3, -0.25) is 9.69 Å². The van der Waals surface area contributed by atoms with Crippen molar-refractivity contribution >= 4 is 17.8 Å². The number of amides is 1. The molecule has 9 nitrogen and oxygen atoms in total. The number of carboxylic acids is 2. The second kappa shape index (κ2) is 12.1. The van der Waals surface area contributed by atoms with Crippen molar-refractivity contribution in [2.75, 3.05) is 32.8 Å². The summed E-state index contributed by atoms with van der Waals surface area (Å²) in [6.45, 7) is 7.10. The maximum absolute atomic E-state index is 12.6. The van der Waals surface area contributed by atoms with Gasteiger partial charge in [0.1, 0.15) is 0 Å². The Morgan fingerprint density at radius 3 is 2.16 bits per heavy atom. The Kier molecular flexibility index (Phi) is 9.58. The number of carbonyl (C=O) groups excluding carboxylic acids is 1. The summed E-state index contributed by atoms with van der Waals surface area (Å²) < 4.78 is 5.46. The molecule has 31 heavy (non-hydrogen) atoms. The molecule has 2 saturated heterocycles. The van der Waals surface area contributed by atoms with E-state index in [0.29, 0.717) is 18.3 Å². The summed E-state index contributed by atoms with van der Waals surface area (Å²) in [6, 6.07) is 5.57. The molecule has 0 bridgehead atoms. The number of likely N-dealkylation sites (tertiary alicyclic amines) is 2. The number of carboxylic acid groups (broad SMARTS) is 2. The van der Waals surface area contributed by atoms with E-state index < -0.39 is 11.9 Å². The van der Waals surface area contributed by atoms with E-state index in [0.717, 1.165) is 64.0 Å². The first-order valence-electron chi connectivity index (χ1n) is 10.7. The number of piperidine rings is 2. The lowest BCUT2D eigenvalue weighted by atomic mass is 9.94. The van der Waals surface area contributed by atoms with Gasteiger partial charge in [0.15, 0.2) is 11.5 Å². The Balaban J connectivity index is 0.000000501. The largest absolute Gasteiger partial charge is 0.504 e. The summed E-state index contributed by atoms with van der Waals surface area (Å²) in [5.74, 6) is -2.33. The maximum Gasteiger partial charge on any atom is 0.414 e. The van der Waals surface area contributed by atoms with Gasteiger partial charge in [-0.25, -0.2) is 9.59 Å². The highest BCUT2D eigenvalue weighted by Crippen LogP contribution is 2.28. The number of phenols is 1. The lowest BCUT2D eigenvalue weighted by molar-refractivity contribution is -0.159. The molecular formula is C22H32N2O7. The lowest BCUT2D eigenvalue weighted by Gasteiger charge is -2.35. The number of aromatic hydroxyl groups is 1. The predicted molar refractivity (Wildman–Crippen MR) is 113 cm³/mol. The molecule has 1 aromatic rings. The first-order chi connectivity index (χ1) is 14.8. The van der Waals surface area contributed by atoms with Gasteiger partial charge in [0.25, 0.3) is 0 Å². The summed E-state index contributed by atoms with van der Waals surface area (Å²) in [5, 5.41) is 24.6. The quantitative estimate of drug-likeness (QED) is 0.599. The Labute approximate surface area is 182 Å². The third kappa shape index (κ3) is 7.75. The van der Waals surface area contributed by atoms with Gasteiger partial charge in [-0.15, -0.1) is 0 Å². The fourth-order valence-electron chi connectivity index (χ4n) is 3.90. The smallest absolute Gasteiger partial charge is 0.414 e. The minimum atomic E-state index is -1.82. The molecule has 3 N–H and O–H groups in total. The molecule has 2 heterocycles. The van der Waals surface area contributed by atoms with Crippen LogP contribution in [-0.2, 0) is 20.9 Å². The minimum absolute atomic E-state index is 0.191. The highest BCUT2D eigenvalue weighted by Gasteiger charge is 2.29. The van der Waals surface area contributed by atoms with Crippen molar-refractivity contribution in [2.45, 2.75) is 45.6 Å². The number of nitrogens with zero attached hydrogens (tertiary/aromatic N) is 2. The summed E-state index contributed by atoms with van der Waals surface area (Å²) in [5.41, 5.74) is 1.14. The molecule has 0 aromatic heterocycles. The number of hydrogen-bond acceptors (Lipinski definition) is 6. The van der Waals surface area contributed by atoms with Gasteiger partial charge in [-0.1, -0.05) is 6.07 Å². The second-order valence-corrected chi connectivity index (χ2v) is 7.78. The summed E-state index contributed by atoms with van der Waals surface area (Å²) in [4.78, 5) is 35.3. The molecule has 172 valence electrons. The van der Waals surface area contributed by atoms with E-state index in [1.807, 2.05) is 19.1 Å². The van der Waals surface area contributed by atoms with Crippen molar-refractivity contribution in [3.05, 3.63) is 23.8 Å². The number of carbonyl (C=O) groups is 3. The average Bonchev–Trinajstić information content (AvgIpc) is 2.77. The van der Waals surface area contributed by atoms with Gasteiger partial charge in [0.05, 0.1) is 6.61 Å². The lowest BCUT2D eigenvalue weighted by Crippen LogP contribution is -2.44. The molecule has 0 radical (unpaired) electrons. The van der Waals surface area contributed by atoms with Crippen molar-refractivity contribution in [3.63, 3.8) is 0 Å². The number of hydrogen-bond donors (Lipinski definition) is 3. The van der Waals surface area contributed by atoms with Crippen LogP contribution in [0.15, 0.2) is 18.2 Å². The molecule has 3 rings (SSSR count). The summed E-state index contributed by atoms with van der Waals surface area (Å²) >= 11 is 0. The monoisotopic (exact) mass is 436 g/mol. The molecule has 0 spiro atoms. The second-order valence-electron chi connectivity index (χ2n) is 7.78. The highest BCUT2D eigenvalue weighted by molar-refractivity contribution is 6.27. The number of ether oxygens (including phenoxy) is 1. The van der Waals surface area contributed by atoms with Crippen LogP contribution < -0.4 is 4.74 Å². The molecule has 2 aliphatic rings. The average molecular weight is 437 g/mol. The summed E-state index contributed by atoms with van der Waals surface area (Å²) in [7, 11) is 0. The zero-order valence-corrected chi connectivity index (χ0v) is 18.0. The number of aliphatic carboxylic acids is 2. The van der Waals surface area contributed by atoms with Crippen molar-refractivity contribution in [1.29, 1.82) is 0 Å². The molecular weight excluding hydrogens is 404 g/mol. The van der Waals surface area contributed by atoms with Crippen LogP contribution in [0.2, 0.25) is 0 Å². The fourth-order valence-corrected chi connectivity index (χ4v) is 3.90. The first-order valence-corrected chi connectivity index (χ1v) is 10.7. The van der Waals surface area contributed by atoms with Crippen LogP contribution in [0, 0.1) is 5.92 Å². The van der Waals surface area contributed by atoms with Crippen molar-refractivity contribution < 1.29 is 34.4 Å². The van der Waals surface area contributed by atoms with Gasteiger partial charge < -0.3 is 25.0 Å². The molecule has 1 aromatic carbocycles. The van der Waals surface area contributed by atoms with Gasteiger partial charge >= 0.3 is 11.9 Å². The Morgan fingerprint density at radius 2 is 1.61 bits per heavy atom. The van der Waals surface area contributed by atoms with E-state index in [-0.39, 0.29) is 11.7 Å². The van der Waals surface area contributed by atoms with E-state index in [1.165, 1.54) is 6.42 Å². The van der Waals surface area contributed by atoms with Crippen LogP contribution in [0.1, 0.15) is 44.6 Å². The standard InChI is InChI=1S/C20H30N2O3.C2H2O4/c1-2-25-19-14-16(6-7-18(19)23)15-21-12-8-17(9-13-21)20(24)22-10-4-3-5-11-22;3-1(4)2(5)6/h6-7,14,17,23H,2-5,8-13,15H2,1H3;(H,3,4)(H,5,6). The van der Waals surface area contributed by atoms with Gasteiger partial charge in [-0.05, 0) is 69.8 Å². The Bertz CT molecular complexity index is 742. The maximum atomic E-state index is 12.6.